The molecular weight excluding hydrogens is 320 g/mol. The van der Waals surface area contributed by atoms with Crippen molar-refractivity contribution in [3.63, 3.8) is 0 Å². The van der Waals surface area contributed by atoms with Crippen LogP contribution in [0.25, 0.3) is 0 Å². The lowest BCUT2D eigenvalue weighted by Crippen LogP contribution is -2.34. The minimum absolute atomic E-state index is 0. The van der Waals surface area contributed by atoms with Gasteiger partial charge in [-0.2, -0.15) is 0 Å². The van der Waals surface area contributed by atoms with E-state index in [0.717, 1.165) is 30.9 Å². The fourth-order valence-corrected chi connectivity index (χ4v) is 4.34. The summed E-state index contributed by atoms with van der Waals surface area (Å²) >= 11 is 1.43. The van der Waals surface area contributed by atoms with E-state index in [1.54, 1.807) is 0 Å². The molecule has 1 saturated carbocycles. The molecule has 3 unspecified atom stereocenters. The van der Waals surface area contributed by atoms with Crippen LogP contribution >= 0.6 is 24.2 Å². The van der Waals surface area contributed by atoms with Gasteiger partial charge in [0.2, 0.25) is 5.91 Å². The molecule has 0 spiro atoms. The Hall–Kier alpha value is -0.850. The van der Waals surface area contributed by atoms with Crippen LogP contribution in [-0.4, -0.2) is 45.7 Å². The first-order valence-electron chi connectivity index (χ1n) is 7.51. The van der Waals surface area contributed by atoms with E-state index in [-0.39, 0.29) is 24.4 Å². The standard InChI is InChI=1S/C15H22N4OS.ClH/c1-9-5-10(2)18-15(17-9)21-8-14(20)19-6-11-3-4-13(16)12(11)7-19;/h5,11-13H,3-4,6-8,16H2,1-2H3;1H. The quantitative estimate of drug-likeness (QED) is 0.670. The van der Waals surface area contributed by atoms with Gasteiger partial charge in [0.05, 0.1) is 5.75 Å². The lowest BCUT2D eigenvalue weighted by Gasteiger charge is -2.18. The van der Waals surface area contributed by atoms with E-state index in [4.69, 9.17) is 5.73 Å². The minimum atomic E-state index is 0. The number of hydrogen-bond donors (Lipinski definition) is 1. The highest BCUT2D eigenvalue weighted by atomic mass is 35.5. The van der Waals surface area contributed by atoms with Crippen molar-refractivity contribution < 1.29 is 4.79 Å². The second-order valence-corrected chi connectivity index (χ2v) is 7.13. The molecule has 2 aliphatic rings. The van der Waals surface area contributed by atoms with Crippen LogP contribution in [0.1, 0.15) is 24.2 Å². The van der Waals surface area contributed by atoms with Gasteiger partial charge in [-0.05, 0) is 44.6 Å². The Balaban J connectivity index is 0.00000176. The average molecular weight is 343 g/mol. The zero-order chi connectivity index (χ0) is 15.0. The Morgan fingerprint density at radius 2 is 2.00 bits per heavy atom. The summed E-state index contributed by atoms with van der Waals surface area (Å²) in [4.78, 5) is 23.0. The molecular formula is C15H23ClN4OS. The third kappa shape index (κ3) is 3.73. The summed E-state index contributed by atoms with van der Waals surface area (Å²) in [7, 11) is 0. The number of hydrogen-bond acceptors (Lipinski definition) is 5. The number of aromatic nitrogens is 2. The monoisotopic (exact) mass is 342 g/mol. The number of carbonyl (C=O) groups excluding carboxylic acids is 1. The largest absolute Gasteiger partial charge is 0.341 e. The van der Waals surface area contributed by atoms with Crippen molar-refractivity contribution in [1.82, 2.24) is 14.9 Å². The van der Waals surface area contributed by atoms with Crippen molar-refractivity contribution in [3.05, 3.63) is 17.5 Å². The minimum Gasteiger partial charge on any atom is -0.341 e. The summed E-state index contributed by atoms with van der Waals surface area (Å²) < 4.78 is 0. The van der Waals surface area contributed by atoms with E-state index < -0.39 is 0 Å². The Labute approximate surface area is 141 Å². The molecule has 1 aromatic heterocycles. The van der Waals surface area contributed by atoms with Crippen LogP contribution in [0.15, 0.2) is 11.2 Å². The molecule has 0 bridgehead atoms. The number of carbonyl (C=O) groups is 1. The molecule has 1 aromatic rings. The highest BCUT2D eigenvalue weighted by molar-refractivity contribution is 7.99. The summed E-state index contributed by atoms with van der Waals surface area (Å²) in [5, 5.41) is 0.692. The molecule has 22 heavy (non-hydrogen) atoms. The first kappa shape index (κ1) is 17.5. The van der Waals surface area contributed by atoms with Gasteiger partial charge in [-0.3, -0.25) is 4.79 Å². The van der Waals surface area contributed by atoms with Gasteiger partial charge >= 0.3 is 0 Å². The third-order valence-corrected chi connectivity index (χ3v) is 5.38. The van der Waals surface area contributed by atoms with Gasteiger partial charge in [0.25, 0.3) is 0 Å². The number of thioether (sulfide) groups is 1. The van der Waals surface area contributed by atoms with Gasteiger partial charge in [-0.1, -0.05) is 11.8 Å². The second kappa shape index (κ2) is 7.15. The van der Waals surface area contributed by atoms with E-state index >= 15 is 0 Å². The Morgan fingerprint density at radius 1 is 1.32 bits per heavy atom. The number of nitrogens with two attached hydrogens (primary N) is 1. The summed E-state index contributed by atoms with van der Waals surface area (Å²) in [5.41, 5.74) is 8.00. The normalized spacial score (nSPS) is 26.7. The molecule has 122 valence electrons. The molecule has 1 saturated heterocycles. The van der Waals surface area contributed by atoms with Crippen LogP contribution in [0.4, 0.5) is 0 Å². The number of amides is 1. The van der Waals surface area contributed by atoms with E-state index in [1.807, 2.05) is 24.8 Å². The molecule has 2 fully saturated rings. The molecule has 7 heteroatoms. The van der Waals surface area contributed by atoms with Gasteiger partial charge in [-0.15, -0.1) is 12.4 Å². The molecule has 0 radical (unpaired) electrons. The molecule has 3 rings (SSSR count). The zero-order valence-electron chi connectivity index (χ0n) is 13.0. The van der Waals surface area contributed by atoms with E-state index in [1.165, 1.54) is 18.2 Å². The maximum atomic E-state index is 12.3. The predicted octanol–water partition coefficient (Wildman–Crippen LogP) is 1.80. The first-order valence-corrected chi connectivity index (χ1v) is 8.50. The Bertz CT molecular complexity index is 536. The maximum Gasteiger partial charge on any atom is 0.233 e. The van der Waals surface area contributed by atoms with Crippen molar-refractivity contribution in [2.45, 2.75) is 37.9 Å². The van der Waals surface area contributed by atoms with Crippen LogP contribution < -0.4 is 5.73 Å². The number of aryl methyl sites for hydroxylation is 2. The molecule has 5 nitrogen and oxygen atoms in total. The third-order valence-electron chi connectivity index (χ3n) is 4.55. The topological polar surface area (TPSA) is 72.1 Å². The molecule has 1 amide bonds. The van der Waals surface area contributed by atoms with Crippen LogP contribution in [0.3, 0.4) is 0 Å². The molecule has 2 N–H and O–H groups in total. The van der Waals surface area contributed by atoms with Crippen LogP contribution in [0.5, 0.6) is 0 Å². The van der Waals surface area contributed by atoms with Crippen molar-refractivity contribution in [1.29, 1.82) is 0 Å². The van der Waals surface area contributed by atoms with Crippen molar-refractivity contribution >= 4 is 30.1 Å². The van der Waals surface area contributed by atoms with E-state index in [0.29, 0.717) is 22.7 Å². The summed E-state index contributed by atoms with van der Waals surface area (Å²) in [5.74, 6) is 1.73. The first-order chi connectivity index (χ1) is 10.0. The van der Waals surface area contributed by atoms with E-state index in [2.05, 4.69) is 9.97 Å². The highest BCUT2D eigenvalue weighted by Gasteiger charge is 2.42. The summed E-state index contributed by atoms with van der Waals surface area (Å²) in [6.45, 7) is 5.61. The molecule has 3 atom stereocenters. The number of likely N-dealkylation sites (tertiary alicyclic amines) is 1. The van der Waals surface area contributed by atoms with Gasteiger partial charge < -0.3 is 10.6 Å². The molecule has 1 aliphatic carbocycles. The van der Waals surface area contributed by atoms with Crippen LogP contribution in [-0.2, 0) is 4.79 Å². The summed E-state index contributed by atoms with van der Waals surface area (Å²) in [6.07, 6.45) is 2.28. The lowest BCUT2D eigenvalue weighted by molar-refractivity contribution is -0.127. The fourth-order valence-electron chi connectivity index (χ4n) is 3.49. The van der Waals surface area contributed by atoms with Crippen molar-refractivity contribution in [2.24, 2.45) is 17.6 Å². The van der Waals surface area contributed by atoms with Gasteiger partial charge in [0.1, 0.15) is 0 Å². The number of halogens is 1. The maximum absolute atomic E-state index is 12.3. The predicted molar refractivity (Wildman–Crippen MR) is 90.2 cm³/mol. The van der Waals surface area contributed by atoms with Crippen LogP contribution in [0.2, 0.25) is 0 Å². The fraction of sp³-hybridized carbons (Fsp3) is 0.667. The van der Waals surface area contributed by atoms with Crippen molar-refractivity contribution in [2.75, 3.05) is 18.8 Å². The molecule has 2 heterocycles. The van der Waals surface area contributed by atoms with Crippen LogP contribution in [0, 0.1) is 25.7 Å². The van der Waals surface area contributed by atoms with Gasteiger partial charge in [0, 0.05) is 30.5 Å². The average Bonchev–Trinajstić information content (AvgIpc) is 2.98. The highest BCUT2D eigenvalue weighted by Crippen LogP contribution is 2.37. The van der Waals surface area contributed by atoms with Gasteiger partial charge in [-0.25, -0.2) is 9.97 Å². The smallest absolute Gasteiger partial charge is 0.233 e. The number of fused-ring (bicyclic) bond motifs is 1. The molecule has 1 aliphatic heterocycles. The van der Waals surface area contributed by atoms with Crippen molar-refractivity contribution in [3.8, 4) is 0 Å². The van der Waals surface area contributed by atoms with Gasteiger partial charge in [0.15, 0.2) is 5.16 Å². The Morgan fingerprint density at radius 3 is 2.64 bits per heavy atom. The summed E-state index contributed by atoms with van der Waals surface area (Å²) in [6, 6.07) is 2.22. The number of rotatable bonds is 3. The second-order valence-electron chi connectivity index (χ2n) is 6.19. The zero-order valence-corrected chi connectivity index (χ0v) is 14.6. The van der Waals surface area contributed by atoms with E-state index in [9.17, 15) is 4.79 Å². The Kier molecular flexibility index (Phi) is 5.69. The SMILES string of the molecule is Cc1cc(C)nc(SCC(=O)N2CC3CCC(N)C3C2)n1.Cl. The molecule has 0 aromatic carbocycles. The number of nitrogens with zero attached hydrogens (tertiary/aromatic N) is 3. The lowest BCUT2D eigenvalue weighted by atomic mass is 9.98.